The van der Waals surface area contributed by atoms with Crippen LogP contribution in [0, 0.1) is 0 Å². The number of rotatable bonds is 11. The van der Waals surface area contributed by atoms with E-state index < -0.39 is 22.5 Å². The third kappa shape index (κ3) is 7.76. The van der Waals surface area contributed by atoms with Crippen LogP contribution in [-0.4, -0.2) is 31.4 Å². The number of halogens is 1. The van der Waals surface area contributed by atoms with Crippen molar-refractivity contribution in [3.8, 4) is 5.75 Å². The second-order valence-corrected chi connectivity index (χ2v) is 10.7. The third-order valence-electron chi connectivity index (χ3n) is 5.50. The number of carbonyl (C=O) groups excluding carboxylic acids is 1. The Morgan fingerprint density at radius 2 is 1.47 bits per heavy atom. The maximum Gasteiger partial charge on any atom is 0.255 e. The Balaban J connectivity index is 1.37. The molecule has 0 aliphatic heterocycles. The molecule has 0 saturated carbocycles. The van der Waals surface area contributed by atoms with Gasteiger partial charge in [-0.15, -0.1) is 0 Å². The van der Waals surface area contributed by atoms with Crippen molar-refractivity contribution in [3.63, 3.8) is 0 Å². The zero-order valence-corrected chi connectivity index (χ0v) is 22.0. The van der Waals surface area contributed by atoms with Gasteiger partial charge in [-0.05, 0) is 65.2 Å². The highest BCUT2D eigenvalue weighted by Gasteiger charge is 2.26. The van der Waals surface area contributed by atoms with Gasteiger partial charge >= 0.3 is 0 Å². The molecule has 0 aromatic heterocycles. The van der Waals surface area contributed by atoms with Crippen molar-refractivity contribution in [2.75, 3.05) is 6.54 Å². The second-order valence-electron chi connectivity index (χ2n) is 8.35. The van der Waals surface area contributed by atoms with Crippen molar-refractivity contribution in [1.29, 1.82) is 0 Å². The molecule has 4 rings (SSSR count). The van der Waals surface area contributed by atoms with E-state index in [0.717, 1.165) is 15.4 Å². The van der Waals surface area contributed by atoms with E-state index in [0.29, 0.717) is 22.9 Å². The smallest absolute Gasteiger partial charge is 0.255 e. The SMILES string of the molecule is O=C(CN(Cc1ccc(Cl)cc1)S(=O)(=O)c1ccccc1)NN=Cc1ccc(OCc2ccccc2)cc1. The van der Waals surface area contributed by atoms with Gasteiger partial charge in [-0.1, -0.05) is 72.3 Å². The van der Waals surface area contributed by atoms with Crippen molar-refractivity contribution in [1.82, 2.24) is 9.73 Å². The molecule has 9 heteroatoms. The fourth-order valence-electron chi connectivity index (χ4n) is 3.53. The van der Waals surface area contributed by atoms with Crippen LogP contribution >= 0.6 is 11.6 Å². The topological polar surface area (TPSA) is 88.1 Å². The molecule has 4 aromatic carbocycles. The predicted octanol–water partition coefficient (Wildman–Crippen LogP) is 5.26. The summed E-state index contributed by atoms with van der Waals surface area (Å²) in [5.74, 6) is 0.136. The van der Waals surface area contributed by atoms with E-state index in [-0.39, 0.29) is 11.4 Å². The highest BCUT2D eigenvalue weighted by Crippen LogP contribution is 2.19. The fourth-order valence-corrected chi connectivity index (χ4v) is 5.06. The van der Waals surface area contributed by atoms with Crippen molar-refractivity contribution < 1.29 is 17.9 Å². The Morgan fingerprint density at radius 3 is 2.13 bits per heavy atom. The maximum atomic E-state index is 13.3. The molecular weight excluding hydrogens is 522 g/mol. The number of hydrogen-bond acceptors (Lipinski definition) is 5. The highest BCUT2D eigenvalue weighted by molar-refractivity contribution is 7.89. The molecule has 7 nitrogen and oxygen atoms in total. The average molecular weight is 548 g/mol. The molecule has 0 saturated heterocycles. The molecule has 1 N–H and O–H groups in total. The lowest BCUT2D eigenvalue weighted by Crippen LogP contribution is -2.39. The lowest BCUT2D eigenvalue weighted by atomic mass is 10.2. The number of sulfonamides is 1. The van der Waals surface area contributed by atoms with Crippen LogP contribution in [0.1, 0.15) is 16.7 Å². The molecule has 0 atom stereocenters. The van der Waals surface area contributed by atoms with E-state index in [4.69, 9.17) is 16.3 Å². The minimum Gasteiger partial charge on any atom is -0.489 e. The molecule has 0 unspecified atom stereocenters. The van der Waals surface area contributed by atoms with Crippen molar-refractivity contribution in [3.05, 3.63) is 131 Å². The predicted molar refractivity (Wildman–Crippen MR) is 148 cm³/mol. The summed E-state index contributed by atoms with van der Waals surface area (Å²) in [5, 5.41) is 4.52. The molecule has 0 heterocycles. The molecule has 4 aromatic rings. The molecule has 194 valence electrons. The number of ether oxygens (including phenoxy) is 1. The molecule has 0 bridgehead atoms. The number of amides is 1. The Morgan fingerprint density at radius 1 is 0.842 bits per heavy atom. The summed E-state index contributed by atoms with van der Waals surface area (Å²) >= 11 is 5.96. The third-order valence-corrected chi connectivity index (χ3v) is 7.56. The van der Waals surface area contributed by atoms with E-state index in [1.807, 2.05) is 54.6 Å². The number of hydrogen-bond donors (Lipinski definition) is 1. The first kappa shape index (κ1) is 27.1. The van der Waals surface area contributed by atoms with Crippen LogP contribution < -0.4 is 10.2 Å². The Labute approximate surface area is 227 Å². The Hall–Kier alpha value is -3.98. The van der Waals surface area contributed by atoms with E-state index >= 15 is 0 Å². The van der Waals surface area contributed by atoms with Crippen LogP contribution in [0.15, 0.2) is 119 Å². The van der Waals surface area contributed by atoms with Gasteiger partial charge < -0.3 is 4.74 Å². The first-order valence-corrected chi connectivity index (χ1v) is 13.6. The summed E-state index contributed by atoms with van der Waals surface area (Å²) in [5.41, 5.74) is 4.92. The molecule has 38 heavy (non-hydrogen) atoms. The molecule has 1 amide bonds. The summed E-state index contributed by atoms with van der Waals surface area (Å²) in [6.07, 6.45) is 1.48. The van der Waals surface area contributed by atoms with Crippen LogP contribution in [0.5, 0.6) is 5.75 Å². The second kappa shape index (κ2) is 13.0. The van der Waals surface area contributed by atoms with Gasteiger partial charge in [0.1, 0.15) is 12.4 Å². The monoisotopic (exact) mass is 547 g/mol. The normalized spacial score (nSPS) is 11.5. The van der Waals surface area contributed by atoms with Gasteiger partial charge in [0.25, 0.3) is 5.91 Å². The van der Waals surface area contributed by atoms with Gasteiger partial charge in [-0.2, -0.15) is 9.41 Å². The molecule has 0 fully saturated rings. The quantitative estimate of drug-likeness (QED) is 0.205. The Bertz CT molecular complexity index is 1460. The van der Waals surface area contributed by atoms with E-state index in [1.165, 1.54) is 18.3 Å². The van der Waals surface area contributed by atoms with Crippen LogP contribution in [-0.2, 0) is 28.0 Å². The van der Waals surface area contributed by atoms with E-state index in [9.17, 15) is 13.2 Å². The van der Waals surface area contributed by atoms with Crippen LogP contribution in [0.2, 0.25) is 5.02 Å². The summed E-state index contributed by atoms with van der Waals surface area (Å²) in [6, 6.07) is 31.9. The standard InChI is InChI=1S/C29H26ClN3O4S/c30-26-15-11-24(12-16-26)20-33(38(35,36)28-9-5-2-6-10-28)21-29(34)32-31-19-23-13-17-27(18-14-23)37-22-25-7-3-1-4-8-25/h1-19H,20-22H2,(H,32,34). The average Bonchev–Trinajstić information content (AvgIpc) is 2.94. The minimum absolute atomic E-state index is 0.00399. The summed E-state index contributed by atoms with van der Waals surface area (Å²) in [4.78, 5) is 12.8. The number of benzene rings is 4. The van der Waals surface area contributed by atoms with Gasteiger partial charge in [-0.25, -0.2) is 13.8 Å². The number of carbonyl (C=O) groups is 1. The van der Waals surface area contributed by atoms with Crippen molar-refractivity contribution >= 4 is 33.7 Å². The summed E-state index contributed by atoms with van der Waals surface area (Å²) < 4.78 is 33.4. The number of nitrogens with zero attached hydrogens (tertiary/aromatic N) is 2. The highest BCUT2D eigenvalue weighted by atomic mass is 35.5. The molecule has 0 aliphatic carbocycles. The van der Waals surface area contributed by atoms with Crippen molar-refractivity contribution in [2.24, 2.45) is 5.10 Å². The summed E-state index contributed by atoms with van der Waals surface area (Å²) in [6.45, 7) is 0.0438. The van der Waals surface area contributed by atoms with Gasteiger partial charge in [0.05, 0.1) is 17.7 Å². The molecule has 0 radical (unpaired) electrons. The minimum atomic E-state index is -3.94. The molecule has 0 aliphatic rings. The van der Waals surface area contributed by atoms with E-state index in [2.05, 4.69) is 10.5 Å². The number of hydrazone groups is 1. The lowest BCUT2D eigenvalue weighted by Gasteiger charge is -2.21. The van der Waals surface area contributed by atoms with Gasteiger partial charge in [0.2, 0.25) is 10.0 Å². The maximum absolute atomic E-state index is 13.3. The summed E-state index contributed by atoms with van der Waals surface area (Å²) in [7, 11) is -3.94. The number of nitrogens with one attached hydrogen (secondary N) is 1. The molecular formula is C29H26ClN3O4S. The van der Waals surface area contributed by atoms with Crippen molar-refractivity contribution in [2.45, 2.75) is 18.0 Å². The zero-order valence-electron chi connectivity index (χ0n) is 20.4. The van der Waals surface area contributed by atoms with Gasteiger partial charge in [-0.3, -0.25) is 4.79 Å². The largest absolute Gasteiger partial charge is 0.489 e. The first-order valence-electron chi connectivity index (χ1n) is 11.8. The van der Waals surface area contributed by atoms with E-state index in [1.54, 1.807) is 42.5 Å². The lowest BCUT2D eigenvalue weighted by molar-refractivity contribution is -0.121. The fraction of sp³-hybridized carbons (Fsp3) is 0.103. The Kier molecular flexibility index (Phi) is 9.26. The van der Waals surface area contributed by atoms with Gasteiger partial charge in [0, 0.05) is 11.6 Å². The van der Waals surface area contributed by atoms with Crippen LogP contribution in [0.25, 0.3) is 0 Å². The van der Waals surface area contributed by atoms with Crippen LogP contribution in [0.3, 0.4) is 0 Å². The molecule has 0 spiro atoms. The van der Waals surface area contributed by atoms with Crippen LogP contribution in [0.4, 0.5) is 0 Å². The first-order chi connectivity index (χ1) is 18.4. The zero-order chi connectivity index (χ0) is 26.8. The van der Waals surface area contributed by atoms with Gasteiger partial charge in [0.15, 0.2) is 0 Å².